The molecule has 8 rings (SSSR count). The summed E-state index contributed by atoms with van der Waals surface area (Å²) >= 11 is 34.3. The number of rotatable bonds is 13. The van der Waals surface area contributed by atoms with Crippen LogP contribution >= 0.6 is 93.7 Å². The number of nitrogens with zero attached hydrogens (tertiary/aromatic N) is 6. The lowest BCUT2D eigenvalue weighted by atomic mass is 9.93. The molecule has 4 aromatic heterocycles. The lowest BCUT2D eigenvalue weighted by molar-refractivity contribution is 0.0904. The SMILES string of the molecule is BrB(Br)Br.COc1cnc(Oc2c(Cl)cc(-n3nc(C(F)F)c(=O)[nH]c3=O)cc2Cl)cc1C(=O)NC1CCC1.O=C(NC1CCC1)c1cc(Oc2c(Cl)cc(-n3nc(C(F)F)c(=O)[nH]c3=O)cc2Cl)ncc1O. The highest BCUT2D eigenvalue weighted by Crippen LogP contribution is 2.40. The first-order valence-corrected chi connectivity index (χ1v) is 25.0. The molecular weight excluding hydrogens is 1260 g/mol. The van der Waals surface area contributed by atoms with Crippen molar-refractivity contribution >= 4 is 109 Å². The van der Waals surface area contributed by atoms with Gasteiger partial charge in [0.1, 0.15) is 11.5 Å². The average Bonchev–Trinajstić information content (AvgIpc) is 3.28. The molecule has 2 fully saturated rings. The summed E-state index contributed by atoms with van der Waals surface area (Å²) in [6.07, 6.45) is 1.44. The Bertz CT molecular complexity index is 3250. The van der Waals surface area contributed by atoms with Crippen molar-refractivity contribution in [3.8, 4) is 46.1 Å². The minimum absolute atomic E-state index is 0.0274. The lowest BCUT2D eigenvalue weighted by Gasteiger charge is -2.26. The molecule has 386 valence electrons. The third kappa shape index (κ3) is 14.4. The van der Waals surface area contributed by atoms with E-state index in [-0.39, 0.29) is 98.5 Å². The Morgan fingerprint density at radius 1 is 0.685 bits per heavy atom. The molecule has 73 heavy (non-hydrogen) atoms. The molecule has 0 aliphatic heterocycles. The second kappa shape index (κ2) is 25.1. The Morgan fingerprint density at radius 3 is 1.41 bits per heavy atom. The van der Waals surface area contributed by atoms with E-state index in [1.165, 1.54) is 37.6 Å². The topological polar surface area (TPSA) is 267 Å². The maximum atomic E-state index is 13.0. The van der Waals surface area contributed by atoms with Crippen molar-refractivity contribution in [2.45, 2.75) is 63.5 Å². The molecule has 32 heteroatoms. The first-order valence-electron chi connectivity index (χ1n) is 20.7. The van der Waals surface area contributed by atoms with Gasteiger partial charge in [-0.3, -0.25) is 29.1 Å². The molecule has 0 unspecified atom stereocenters. The number of methoxy groups -OCH3 is 1. The van der Waals surface area contributed by atoms with E-state index in [9.17, 15) is 51.4 Å². The fraction of sp³-hybridized carbons (Fsp3) is 0.268. The van der Waals surface area contributed by atoms with Gasteiger partial charge in [-0.05, 0) is 62.8 Å². The number of amides is 2. The molecule has 2 saturated carbocycles. The zero-order valence-corrected chi connectivity index (χ0v) is 44.5. The first-order chi connectivity index (χ1) is 34.5. The molecule has 2 aromatic carbocycles. The van der Waals surface area contributed by atoms with Crippen molar-refractivity contribution in [2.24, 2.45) is 0 Å². The van der Waals surface area contributed by atoms with Crippen molar-refractivity contribution in [3.63, 3.8) is 0 Å². The van der Waals surface area contributed by atoms with Gasteiger partial charge in [0, 0.05) is 24.2 Å². The Labute approximate surface area is 452 Å². The van der Waals surface area contributed by atoms with E-state index in [0.29, 0.717) is 9.36 Å². The van der Waals surface area contributed by atoms with Gasteiger partial charge >= 0.3 is 14.6 Å². The van der Waals surface area contributed by atoms with Crippen molar-refractivity contribution in [2.75, 3.05) is 7.11 Å². The minimum Gasteiger partial charge on any atom is -0.505 e. The standard InChI is InChI=1S/C21H17Cl2F2N5O5.C20H15Cl2F2N5O5.BBr3/c1-34-14-8-26-15(7-11(14)19(31)27-9-3-2-4-9)35-17-12(22)5-10(6-13(17)23)30-21(33)28-20(32)16(29-30)18(24)25;21-11-4-9(29-20(33)27-19(32)15(28-29)17(23)24)5-12(22)16(11)34-14-6-10(13(30)7-25-14)18(31)26-8-2-1-3-8;2-1(3)4/h5-9,18H,2-4H2,1H3,(H,27,31)(H,28,32,33);4-8,17,30H,1-3H2,(H,26,31)(H,27,32,33);. The Kier molecular flexibility index (Phi) is 19.6. The molecule has 2 aliphatic carbocycles. The van der Waals surface area contributed by atoms with Gasteiger partial charge in [0.05, 0.1) is 62.1 Å². The van der Waals surface area contributed by atoms with Gasteiger partial charge in [0.15, 0.2) is 22.9 Å². The summed E-state index contributed by atoms with van der Waals surface area (Å²) in [6, 6.07) is 7.35. The number of halogens is 11. The number of aromatic amines is 2. The molecule has 0 spiro atoms. The number of pyridine rings is 2. The molecule has 0 radical (unpaired) electrons. The fourth-order valence-corrected chi connectivity index (χ4v) is 7.43. The van der Waals surface area contributed by atoms with Crippen LogP contribution < -0.4 is 47.3 Å². The van der Waals surface area contributed by atoms with Crippen LogP contribution in [0.5, 0.6) is 34.8 Å². The van der Waals surface area contributed by atoms with Gasteiger partial charge in [-0.2, -0.15) is 19.6 Å². The Morgan fingerprint density at radius 2 is 1.05 bits per heavy atom. The van der Waals surface area contributed by atoms with Crippen molar-refractivity contribution in [1.29, 1.82) is 0 Å². The monoisotopic (exact) mass is 1290 g/mol. The quantitative estimate of drug-likeness (QED) is 0.0533. The highest BCUT2D eigenvalue weighted by Gasteiger charge is 2.26. The third-order valence-corrected chi connectivity index (χ3v) is 11.4. The predicted molar refractivity (Wildman–Crippen MR) is 270 cm³/mol. The average molecular weight is 1290 g/mol. The van der Waals surface area contributed by atoms with E-state index < -0.39 is 52.6 Å². The van der Waals surface area contributed by atoms with E-state index in [1.807, 2.05) is 0 Å². The molecule has 0 bridgehead atoms. The first kappa shape index (κ1) is 56.8. The summed E-state index contributed by atoms with van der Waals surface area (Å²) in [6.45, 7) is 0. The number of hydrogen-bond donors (Lipinski definition) is 5. The molecule has 2 aliphatic rings. The van der Waals surface area contributed by atoms with Crippen LogP contribution in [0.2, 0.25) is 20.1 Å². The van der Waals surface area contributed by atoms with Crippen LogP contribution in [-0.4, -0.2) is 78.8 Å². The summed E-state index contributed by atoms with van der Waals surface area (Å²) in [4.78, 5) is 83.7. The summed E-state index contributed by atoms with van der Waals surface area (Å²) < 4.78 is 69.9. The van der Waals surface area contributed by atoms with E-state index in [0.717, 1.165) is 56.9 Å². The minimum atomic E-state index is -3.22. The molecule has 20 nitrogen and oxygen atoms in total. The van der Waals surface area contributed by atoms with Crippen LogP contribution in [0.15, 0.2) is 68.0 Å². The van der Waals surface area contributed by atoms with Gasteiger partial charge in [0.2, 0.25) is 11.8 Å². The van der Waals surface area contributed by atoms with E-state index in [4.69, 9.17) is 60.6 Å². The second-order valence-electron chi connectivity index (χ2n) is 15.1. The predicted octanol–water partition coefficient (Wildman–Crippen LogP) is 9.14. The number of alkyl halides is 4. The summed E-state index contributed by atoms with van der Waals surface area (Å²) in [5, 5.41) is 21.9. The maximum absolute atomic E-state index is 13.0. The van der Waals surface area contributed by atoms with Crippen LogP contribution in [0, 0.1) is 0 Å². The molecular formula is C41H32BBr3Cl4F4N10O10. The number of H-pyrrole nitrogens is 2. The molecule has 4 heterocycles. The Hall–Kier alpha value is -5.52. The number of nitrogens with one attached hydrogen (secondary N) is 4. The smallest absolute Gasteiger partial charge is 0.369 e. The highest BCUT2D eigenvalue weighted by atomic mass is 79.9. The van der Waals surface area contributed by atoms with Gasteiger partial charge in [-0.1, -0.05) is 46.4 Å². The summed E-state index contributed by atoms with van der Waals surface area (Å²) in [5.74, 6) is -1.32. The van der Waals surface area contributed by atoms with Gasteiger partial charge < -0.3 is 30.0 Å². The number of carbonyl (C=O) groups excluding carboxylic acids is 2. The number of hydrogen-bond acceptors (Lipinski definition) is 14. The lowest BCUT2D eigenvalue weighted by Crippen LogP contribution is -2.39. The van der Waals surface area contributed by atoms with Crippen LogP contribution in [0.3, 0.4) is 0 Å². The largest absolute Gasteiger partial charge is 0.505 e. The molecule has 5 N–H and O–H groups in total. The van der Waals surface area contributed by atoms with Crippen molar-refractivity contribution in [1.82, 2.24) is 50.1 Å². The number of aromatic hydroxyl groups is 1. The molecule has 6 aromatic rings. The van der Waals surface area contributed by atoms with E-state index in [2.05, 4.69) is 78.1 Å². The zero-order chi connectivity index (χ0) is 53.4. The van der Waals surface area contributed by atoms with Crippen LogP contribution in [0.25, 0.3) is 11.4 Å². The zero-order valence-electron chi connectivity index (χ0n) is 36.7. The molecule has 0 atom stereocenters. The summed E-state index contributed by atoms with van der Waals surface area (Å²) in [5.41, 5.74) is -7.17. The van der Waals surface area contributed by atoms with E-state index in [1.54, 1.807) is 9.97 Å². The highest BCUT2D eigenvalue weighted by molar-refractivity contribution is 9.69. The third-order valence-electron chi connectivity index (χ3n) is 10.3. The van der Waals surface area contributed by atoms with Crippen molar-refractivity contribution < 1.29 is 46.5 Å². The van der Waals surface area contributed by atoms with E-state index >= 15 is 0 Å². The number of benzene rings is 2. The van der Waals surface area contributed by atoms with Gasteiger partial charge in [0.25, 0.3) is 35.8 Å². The second-order valence-corrected chi connectivity index (χ2v) is 23.2. The van der Waals surface area contributed by atoms with Crippen LogP contribution in [0.4, 0.5) is 17.6 Å². The van der Waals surface area contributed by atoms with Crippen LogP contribution in [0.1, 0.15) is 83.5 Å². The molecule has 0 saturated heterocycles. The normalized spacial score (nSPS) is 13.1. The molecule has 2 amide bonds. The Balaban J connectivity index is 0.000000222. The summed E-state index contributed by atoms with van der Waals surface area (Å²) in [7, 11) is 1.40. The van der Waals surface area contributed by atoms with Gasteiger partial charge in [-0.25, -0.2) is 37.1 Å². The maximum Gasteiger partial charge on any atom is 0.369 e. The van der Waals surface area contributed by atoms with Gasteiger partial charge in [-0.15, -0.1) is 47.3 Å². The fourth-order valence-electron chi connectivity index (χ4n) is 6.32. The van der Waals surface area contributed by atoms with Crippen molar-refractivity contribution in [3.05, 3.63) is 133 Å². The number of aromatic nitrogens is 8. The van der Waals surface area contributed by atoms with Crippen LogP contribution in [-0.2, 0) is 0 Å². The number of carbonyl (C=O) groups is 2. The number of ether oxygens (including phenoxy) is 3.